The molecule has 1 N–H and O–H groups in total. The average Bonchev–Trinajstić information content (AvgIpc) is 2.86. The smallest absolute Gasteiger partial charge is 0.352 e. The number of hydrogen-bond acceptors (Lipinski definition) is 2. The van der Waals surface area contributed by atoms with Crippen molar-refractivity contribution in [3.05, 3.63) is 53.9 Å². The van der Waals surface area contributed by atoms with Gasteiger partial charge in [0, 0.05) is 18.9 Å². The zero-order valence-electron chi connectivity index (χ0n) is 11.4. The summed E-state index contributed by atoms with van der Waals surface area (Å²) in [7, 11) is 1.68. The minimum atomic E-state index is -1.04. The van der Waals surface area contributed by atoms with E-state index in [-0.39, 0.29) is 18.1 Å². The molecule has 1 amide bonds. The minimum Gasteiger partial charge on any atom is -0.477 e. The fraction of sp³-hybridized carbons (Fsp3) is 0.200. The molecule has 0 spiro atoms. The van der Waals surface area contributed by atoms with E-state index in [1.54, 1.807) is 19.3 Å². The number of benzene rings is 1. The molecule has 20 heavy (non-hydrogen) atoms. The first kappa shape index (κ1) is 13.9. The second-order valence-corrected chi connectivity index (χ2v) is 4.62. The summed E-state index contributed by atoms with van der Waals surface area (Å²) in [4.78, 5) is 24.7. The van der Waals surface area contributed by atoms with Gasteiger partial charge in [0.1, 0.15) is 12.2 Å². The molecule has 1 heterocycles. The molecule has 5 heteroatoms. The monoisotopic (exact) mass is 272 g/mol. The number of likely N-dealkylation sites (N-methyl/N-ethyl adjacent to an activating group) is 1. The Morgan fingerprint density at radius 2 is 2.00 bits per heavy atom. The fourth-order valence-corrected chi connectivity index (χ4v) is 1.98. The van der Waals surface area contributed by atoms with Crippen LogP contribution in [0.3, 0.4) is 0 Å². The van der Waals surface area contributed by atoms with E-state index >= 15 is 0 Å². The number of amides is 1. The summed E-state index contributed by atoms with van der Waals surface area (Å²) in [6.45, 7) is 1.95. The highest BCUT2D eigenvalue weighted by Crippen LogP contribution is 2.15. The summed E-state index contributed by atoms with van der Waals surface area (Å²) in [5.41, 5.74) is 1.96. The van der Waals surface area contributed by atoms with Gasteiger partial charge < -0.3 is 14.6 Å². The van der Waals surface area contributed by atoms with E-state index in [4.69, 9.17) is 5.11 Å². The number of anilines is 1. The van der Waals surface area contributed by atoms with Crippen LogP contribution in [0.4, 0.5) is 5.69 Å². The van der Waals surface area contributed by atoms with Crippen LogP contribution in [0.25, 0.3) is 0 Å². The third kappa shape index (κ3) is 2.88. The molecule has 0 fully saturated rings. The molecule has 0 radical (unpaired) electrons. The first-order valence-corrected chi connectivity index (χ1v) is 6.20. The van der Waals surface area contributed by atoms with Gasteiger partial charge in [-0.3, -0.25) is 4.79 Å². The number of carboxylic acid groups (broad SMARTS) is 1. The highest BCUT2D eigenvalue weighted by Gasteiger charge is 2.15. The van der Waals surface area contributed by atoms with Gasteiger partial charge in [0.25, 0.3) is 0 Å². The highest BCUT2D eigenvalue weighted by atomic mass is 16.4. The number of aromatic nitrogens is 1. The molecule has 0 aliphatic carbocycles. The van der Waals surface area contributed by atoms with Crippen molar-refractivity contribution >= 4 is 17.6 Å². The first-order valence-electron chi connectivity index (χ1n) is 6.20. The van der Waals surface area contributed by atoms with Crippen LogP contribution in [0.1, 0.15) is 16.1 Å². The van der Waals surface area contributed by atoms with Crippen molar-refractivity contribution in [3.63, 3.8) is 0 Å². The van der Waals surface area contributed by atoms with Crippen LogP contribution in [0, 0.1) is 6.92 Å². The predicted octanol–water partition coefficient (Wildman–Crippen LogP) is 2.16. The minimum absolute atomic E-state index is 0.000917. The van der Waals surface area contributed by atoms with E-state index in [1.807, 2.05) is 31.2 Å². The summed E-state index contributed by atoms with van der Waals surface area (Å²) in [5.74, 6) is -1.21. The molecule has 5 nitrogen and oxygen atoms in total. The molecule has 0 bridgehead atoms. The lowest BCUT2D eigenvalue weighted by atomic mass is 10.2. The number of rotatable bonds is 4. The summed E-state index contributed by atoms with van der Waals surface area (Å²) in [6, 6.07) is 10.7. The normalized spacial score (nSPS) is 10.3. The molecule has 2 aromatic rings. The zero-order valence-corrected chi connectivity index (χ0v) is 11.4. The Morgan fingerprint density at radius 3 is 2.65 bits per heavy atom. The standard InChI is InChI=1S/C15H16N2O3/c1-11-5-3-6-12(9-11)16(2)14(18)10-17-8-4-7-13(17)15(19)20/h3-9H,10H2,1-2H3,(H,19,20). The Hall–Kier alpha value is -2.56. The van der Waals surface area contributed by atoms with Gasteiger partial charge >= 0.3 is 5.97 Å². The van der Waals surface area contributed by atoms with Crippen LogP contribution in [0.5, 0.6) is 0 Å². The van der Waals surface area contributed by atoms with Crippen LogP contribution in [-0.2, 0) is 11.3 Å². The number of aromatic carboxylic acids is 1. The molecular weight excluding hydrogens is 256 g/mol. The lowest BCUT2D eigenvalue weighted by Crippen LogP contribution is -2.30. The highest BCUT2D eigenvalue weighted by molar-refractivity contribution is 5.93. The molecule has 0 aliphatic rings. The number of carboxylic acids is 1. The van der Waals surface area contributed by atoms with Crippen LogP contribution >= 0.6 is 0 Å². The number of hydrogen-bond donors (Lipinski definition) is 1. The van der Waals surface area contributed by atoms with Crippen molar-refractivity contribution in [1.29, 1.82) is 0 Å². The summed E-state index contributed by atoms with van der Waals surface area (Å²) >= 11 is 0. The molecule has 1 aromatic heterocycles. The SMILES string of the molecule is Cc1cccc(N(C)C(=O)Cn2cccc2C(=O)O)c1. The number of nitrogens with zero attached hydrogens (tertiary/aromatic N) is 2. The van der Waals surface area contributed by atoms with Crippen molar-refractivity contribution in [2.45, 2.75) is 13.5 Å². The molecule has 0 saturated heterocycles. The topological polar surface area (TPSA) is 62.5 Å². The molecule has 104 valence electrons. The maximum absolute atomic E-state index is 12.2. The van der Waals surface area contributed by atoms with Crippen molar-refractivity contribution < 1.29 is 14.7 Å². The molecule has 0 saturated carbocycles. The Balaban J connectivity index is 2.16. The number of carbonyl (C=O) groups is 2. The maximum atomic E-state index is 12.2. The average molecular weight is 272 g/mol. The summed E-state index contributed by atoms with van der Waals surface area (Å²) in [5, 5.41) is 9.01. The van der Waals surface area contributed by atoms with Crippen molar-refractivity contribution in [2.75, 3.05) is 11.9 Å². The molecule has 2 rings (SSSR count). The predicted molar refractivity (Wildman–Crippen MR) is 76.0 cm³/mol. The summed E-state index contributed by atoms with van der Waals surface area (Å²) < 4.78 is 1.43. The van der Waals surface area contributed by atoms with Crippen LogP contribution in [0.2, 0.25) is 0 Å². The lowest BCUT2D eigenvalue weighted by molar-refractivity contribution is -0.118. The first-order chi connectivity index (χ1) is 9.49. The molecule has 0 aliphatic heterocycles. The van der Waals surface area contributed by atoms with E-state index < -0.39 is 5.97 Å². The molecule has 0 atom stereocenters. The van der Waals surface area contributed by atoms with Crippen LogP contribution in [0.15, 0.2) is 42.6 Å². The van der Waals surface area contributed by atoms with Gasteiger partial charge in [-0.25, -0.2) is 4.79 Å². The van der Waals surface area contributed by atoms with Gasteiger partial charge in [0.05, 0.1) is 0 Å². The van der Waals surface area contributed by atoms with Crippen molar-refractivity contribution in [2.24, 2.45) is 0 Å². The lowest BCUT2D eigenvalue weighted by Gasteiger charge is -2.18. The van der Waals surface area contributed by atoms with Gasteiger partial charge in [-0.2, -0.15) is 0 Å². The Kier molecular flexibility index (Phi) is 3.89. The van der Waals surface area contributed by atoms with Crippen molar-refractivity contribution in [3.8, 4) is 0 Å². The van der Waals surface area contributed by atoms with Gasteiger partial charge in [-0.15, -0.1) is 0 Å². The van der Waals surface area contributed by atoms with E-state index in [0.717, 1.165) is 11.3 Å². The largest absolute Gasteiger partial charge is 0.477 e. The van der Waals surface area contributed by atoms with Gasteiger partial charge in [-0.05, 0) is 36.8 Å². The van der Waals surface area contributed by atoms with E-state index in [0.29, 0.717) is 0 Å². The molecule has 0 unspecified atom stereocenters. The van der Waals surface area contributed by atoms with Crippen LogP contribution < -0.4 is 4.90 Å². The molecular formula is C15H16N2O3. The fourth-order valence-electron chi connectivity index (χ4n) is 1.98. The van der Waals surface area contributed by atoms with Gasteiger partial charge in [-0.1, -0.05) is 12.1 Å². The second-order valence-electron chi connectivity index (χ2n) is 4.62. The Morgan fingerprint density at radius 1 is 1.25 bits per heavy atom. The van der Waals surface area contributed by atoms with E-state index in [2.05, 4.69) is 0 Å². The maximum Gasteiger partial charge on any atom is 0.352 e. The third-order valence-corrected chi connectivity index (χ3v) is 3.12. The van der Waals surface area contributed by atoms with Gasteiger partial charge in [0.2, 0.25) is 5.91 Å². The Labute approximate surface area is 117 Å². The van der Waals surface area contributed by atoms with E-state index in [9.17, 15) is 9.59 Å². The molecule has 1 aromatic carbocycles. The van der Waals surface area contributed by atoms with Crippen molar-refractivity contribution in [1.82, 2.24) is 4.57 Å². The summed E-state index contributed by atoms with van der Waals surface area (Å²) in [6.07, 6.45) is 1.59. The quantitative estimate of drug-likeness (QED) is 0.927. The van der Waals surface area contributed by atoms with Crippen LogP contribution in [-0.4, -0.2) is 28.6 Å². The number of aryl methyl sites for hydroxylation is 1. The third-order valence-electron chi connectivity index (χ3n) is 3.12. The zero-order chi connectivity index (χ0) is 14.7. The number of carbonyl (C=O) groups excluding carboxylic acids is 1. The second kappa shape index (κ2) is 5.61. The van der Waals surface area contributed by atoms with Gasteiger partial charge in [0.15, 0.2) is 0 Å². The van der Waals surface area contributed by atoms with E-state index in [1.165, 1.54) is 15.5 Å². The Bertz CT molecular complexity index is 646.